The molecular formula is C87H78AsB4F28N2O5P5-4. The second kappa shape index (κ2) is 61.8. The summed E-state index contributed by atoms with van der Waals surface area (Å²) in [5.74, 6) is 0.367. The van der Waals surface area contributed by atoms with E-state index in [4.69, 9.17) is 4.74 Å². The molecule has 0 radical (unpaired) electrons. The van der Waals surface area contributed by atoms with Crippen LogP contribution in [0.4, 0.5) is 94.3 Å². The predicted octanol–water partition coefficient (Wildman–Crippen LogP) is 11.2. The van der Waals surface area contributed by atoms with Crippen LogP contribution >= 0.6 is 42.8 Å². The molecule has 14 aromatic rings. The van der Waals surface area contributed by atoms with E-state index < -0.39 is 52.8 Å². The first kappa shape index (κ1) is 123. The molecule has 7 nitrogen and oxygen atoms in total. The molecular weight excluding hydrogens is 1960 g/mol. The van der Waals surface area contributed by atoms with E-state index in [1.54, 1.807) is 0 Å². The number of carbonyl (C=O) groups excluding carboxylic acids is 4. The number of fused-ring (bicyclic) bond motifs is 6. The van der Waals surface area contributed by atoms with Crippen molar-refractivity contribution in [3.63, 3.8) is 0 Å². The van der Waals surface area contributed by atoms with Gasteiger partial charge < -0.3 is 28.3 Å². The van der Waals surface area contributed by atoms with Gasteiger partial charge in [-0.25, -0.2) is 0 Å². The minimum absolute atomic E-state index is 0. The summed E-state index contributed by atoms with van der Waals surface area (Å²) in [6, 6.07) is 118. The third-order valence-corrected chi connectivity index (χ3v) is 20.3. The van der Waals surface area contributed by atoms with Crippen LogP contribution in [0.5, 0.6) is 0 Å². The van der Waals surface area contributed by atoms with Gasteiger partial charge in [0.1, 0.15) is 0 Å². The molecule has 1 aliphatic carbocycles. The number of ether oxygens (including phenoxy) is 1. The van der Waals surface area contributed by atoms with Crippen LogP contribution in [0.2, 0.25) is 0 Å². The maximum absolute atomic E-state index is 12.7. The van der Waals surface area contributed by atoms with Gasteiger partial charge in [0.05, 0.1) is 12.8 Å². The van der Waals surface area contributed by atoms with E-state index >= 15 is 0 Å². The molecule has 0 saturated heterocycles. The molecule has 15 rings (SSSR count). The second-order valence-electron chi connectivity index (χ2n) is 25.3. The van der Waals surface area contributed by atoms with Crippen molar-refractivity contribution >= 4 is 165 Å². The molecule has 1 aliphatic rings. The number of aromatic nitrogens is 2. The Hall–Kier alpha value is -10.8. The van der Waals surface area contributed by atoms with Crippen molar-refractivity contribution in [3.8, 4) is 11.1 Å². The third-order valence-electron chi connectivity index (χ3n) is 15.9. The fraction of sp³-hybridized carbons (Fsp3) is 0.0805. The van der Waals surface area contributed by atoms with E-state index in [-0.39, 0.29) is 46.8 Å². The number of pyridine rings is 2. The van der Waals surface area contributed by atoms with Gasteiger partial charge in [-0.2, -0.15) is 9.13 Å². The van der Waals surface area contributed by atoms with E-state index in [0.29, 0.717) is 54.8 Å². The average molecular weight is 2040 g/mol. The normalized spacial score (nSPS) is 11.2. The van der Waals surface area contributed by atoms with E-state index in [0.717, 1.165) is 58.0 Å². The van der Waals surface area contributed by atoms with Crippen LogP contribution in [0, 0.1) is 0 Å². The van der Waals surface area contributed by atoms with Gasteiger partial charge >= 0.3 is 101 Å². The monoisotopic (exact) mass is 2040 g/mol. The quantitative estimate of drug-likeness (QED) is 0.0183. The molecule has 2 heterocycles. The largest absolute Gasteiger partial charge is 1.00 e. The number of hydrogen-bond donors (Lipinski definition) is 0. The summed E-state index contributed by atoms with van der Waals surface area (Å²) in [4.78, 5) is 47.7. The van der Waals surface area contributed by atoms with Crippen LogP contribution in [-0.4, -0.2) is 87.2 Å². The Morgan fingerprint density at radius 1 is 0.356 bits per heavy atom. The summed E-state index contributed by atoms with van der Waals surface area (Å²) in [7, 11) is -20.8. The smallest absolute Gasteiger partial charge is 0.227 e. The molecule has 4 atom stereocenters. The first-order valence-electron chi connectivity index (χ1n) is 37.1. The molecule has 0 fully saturated rings. The number of carbonyl (C=O) groups is 4. The maximum atomic E-state index is 12.7. The Morgan fingerprint density at radius 3 is 0.977 bits per heavy atom. The van der Waals surface area contributed by atoms with Crippen LogP contribution in [0.15, 0.2) is 358 Å². The molecule has 12 aromatic carbocycles. The molecule has 708 valence electrons. The van der Waals surface area contributed by atoms with Crippen molar-refractivity contribution < 1.29 is 151 Å². The number of benzene rings is 12. The molecule has 0 amide bonds. The summed E-state index contributed by atoms with van der Waals surface area (Å²) in [5, 5.41) is 8.55. The van der Waals surface area contributed by atoms with Crippen molar-refractivity contribution in [1.29, 1.82) is 0 Å². The van der Waals surface area contributed by atoms with Gasteiger partial charge in [-0.1, -0.05) is 323 Å². The number of Topliss-reactive ketones (excluding diaryl/α,β-unsaturated/α-hetero) is 3. The van der Waals surface area contributed by atoms with Crippen LogP contribution in [0.25, 0.3) is 43.8 Å². The molecule has 0 spiro atoms. The topological polar surface area (TPSA) is 85.3 Å². The van der Waals surface area contributed by atoms with Crippen molar-refractivity contribution in [2.24, 2.45) is 0 Å². The SMILES string of the molecule is CCOC(=O)CPc1ccccc1.FB(F)F.FB(F)F.FB(F)F.FB(F)F.F[As](F)(F)(F)F.F[P-](F)(F)(F)(F)F.O=C(CPc1ccccc1)c1ccccc1.O=C(C[n+]1c2ccccc2cc2ccccc21)c1ccccc1.O=C(C[n+]1cccc2ccccc21)c1ccccc1.Pc1ccccc1.[F-].[F-].[F-].[F-].[F-].c1ccc(PC2c3ccccc3-c3ccccc32)cc1. The van der Waals surface area contributed by atoms with Crippen molar-refractivity contribution in [2.45, 2.75) is 25.7 Å². The Kier molecular flexibility index (Phi) is 57.7. The van der Waals surface area contributed by atoms with Crippen molar-refractivity contribution in [3.05, 3.63) is 386 Å². The zero-order valence-corrected chi connectivity index (χ0v) is 75.4. The van der Waals surface area contributed by atoms with Crippen molar-refractivity contribution in [2.75, 3.05) is 18.9 Å². The number of para-hydroxylation sites is 3. The Balaban J connectivity index is 0. The number of nitrogens with zero attached hydrogens (tertiary/aromatic N) is 2. The minimum Gasteiger partial charge on any atom is -1.00 e. The summed E-state index contributed by atoms with van der Waals surface area (Å²) in [6.07, 6.45) is 3.05. The average Bonchev–Trinajstić information content (AvgIpc) is 1.69. The molecule has 0 saturated carbocycles. The first-order chi connectivity index (χ1) is 59.8. The maximum Gasteiger partial charge on any atom is 0.227 e. The first-order valence-corrected chi connectivity index (χ1v) is 46.8. The van der Waals surface area contributed by atoms with Gasteiger partial charge in [-0.05, 0) is 80.7 Å². The molecule has 0 N–H and O–H groups in total. The van der Waals surface area contributed by atoms with E-state index in [2.05, 4.69) is 147 Å². The van der Waals surface area contributed by atoms with Gasteiger partial charge in [-0.15, -0.1) is 9.24 Å². The number of halogens is 28. The number of rotatable bonds is 16. The number of hydrogen-bond acceptors (Lipinski definition) is 5. The summed E-state index contributed by atoms with van der Waals surface area (Å²) >= 11 is -8.99. The van der Waals surface area contributed by atoms with Gasteiger partial charge in [-0.3, -0.25) is 71.0 Å². The summed E-state index contributed by atoms with van der Waals surface area (Å²) in [5.41, 5.74) is 11.9. The Bertz CT molecular complexity index is 5440. The van der Waals surface area contributed by atoms with E-state index in [1.807, 2.05) is 236 Å². The van der Waals surface area contributed by atoms with Crippen molar-refractivity contribution in [1.82, 2.24) is 0 Å². The fourth-order valence-electron chi connectivity index (χ4n) is 11.1. The van der Waals surface area contributed by atoms with Crippen LogP contribution < -0.4 is 53.9 Å². The molecule has 45 heteroatoms. The predicted molar refractivity (Wildman–Crippen MR) is 478 cm³/mol. The van der Waals surface area contributed by atoms with Gasteiger partial charge in [0.15, 0.2) is 12.0 Å². The fourth-order valence-corrected chi connectivity index (χ4v) is 14.8. The molecule has 132 heavy (non-hydrogen) atoms. The Morgan fingerprint density at radius 2 is 0.629 bits per heavy atom. The van der Waals surface area contributed by atoms with Gasteiger partial charge in [0.25, 0.3) is 0 Å². The number of esters is 1. The summed E-state index contributed by atoms with van der Waals surface area (Å²) < 4.78 is 234. The Labute approximate surface area is 753 Å². The zero-order valence-electron chi connectivity index (χ0n) is 68.5. The summed E-state index contributed by atoms with van der Waals surface area (Å²) in [6.45, 7) is 3.00. The molecule has 0 aliphatic heterocycles. The van der Waals surface area contributed by atoms with Gasteiger partial charge in [0, 0.05) is 68.9 Å². The van der Waals surface area contributed by atoms with Gasteiger partial charge in [0.2, 0.25) is 41.2 Å². The van der Waals surface area contributed by atoms with E-state index in [1.165, 1.54) is 43.5 Å². The van der Waals surface area contributed by atoms with E-state index in [9.17, 15) is 113 Å². The van der Waals surface area contributed by atoms with Crippen LogP contribution in [0.3, 0.4) is 0 Å². The third kappa shape index (κ3) is 56.8. The standard InChI is InChI=1S/C21H16NO.C19H15P.C17H14NO.C14H13OP.C10H13O2P.C6H7P.AsF5.4BF3.F6P.5FH/c23-21(16-8-2-1-3-9-16)15-22-19-12-6-4-10-17(19)14-18-11-5-7-13-20(18)22;1-2-8-14(9-3-1)20-19-17-12-6-4-10-15(17)16-11-5-7-13-18(16)19;19-17(15-8-2-1-3-9-15)13-18-12-6-10-14-7-4-5-11-16(14)18;15-14(12-7-3-1-4-8-12)11-16-13-9-5-2-6-10-13;1-2-12-10(11)8-13-9-6-4-3-5-7-9;7-6-4-2-1-3-5-6;2-1(3,4,5)6;4*2-1(3)4;1-7(2,3,4,5)6;;;;;/h1-14H,15H2;1-13,19-20H;1-12H,13H2;1-10,16H,11H2;3-7,13H,2,8H2,1H3;1-5H,7H2;;;;;;;5*1H/q+1;;+1;;;;;;;;;-1;;;;;/p-5. The molecule has 4 unspecified atom stereocenters. The molecule has 0 bridgehead atoms. The minimum atomic E-state index is -10.7. The molecule has 2 aromatic heterocycles. The van der Waals surface area contributed by atoms with Crippen LogP contribution in [-0.2, 0) is 22.6 Å². The van der Waals surface area contributed by atoms with Crippen LogP contribution in [0.1, 0.15) is 54.8 Å². The zero-order chi connectivity index (χ0) is 94.1. The number of ketones is 3. The second-order valence-corrected chi connectivity index (χ2v) is 34.5.